The normalized spacial score (nSPS) is 13.7. The second-order valence-corrected chi connectivity index (χ2v) is 8.87. The van der Waals surface area contributed by atoms with Gasteiger partial charge >= 0.3 is 5.97 Å². The van der Waals surface area contributed by atoms with Crippen molar-refractivity contribution < 1.29 is 19.2 Å². The van der Waals surface area contributed by atoms with Crippen LogP contribution in [0.25, 0.3) is 0 Å². The molecular formula is C24H22N2O5S. The van der Waals surface area contributed by atoms with E-state index in [9.17, 15) is 19.7 Å². The summed E-state index contributed by atoms with van der Waals surface area (Å²) in [5.74, 6) is -1.23. The lowest BCUT2D eigenvalue weighted by molar-refractivity contribution is -0.384. The number of hydrogen-bond donors (Lipinski definition) is 1. The molecule has 0 saturated heterocycles. The monoisotopic (exact) mass is 450 g/mol. The Morgan fingerprint density at radius 2 is 1.84 bits per heavy atom. The van der Waals surface area contributed by atoms with E-state index in [2.05, 4.69) is 5.32 Å². The van der Waals surface area contributed by atoms with Gasteiger partial charge in [0.05, 0.1) is 4.92 Å². The molecule has 7 nitrogen and oxygen atoms in total. The van der Waals surface area contributed by atoms with Crippen LogP contribution in [-0.4, -0.2) is 16.8 Å². The molecule has 1 unspecified atom stereocenters. The average Bonchev–Trinajstić information content (AvgIpc) is 3.23. The first kappa shape index (κ1) is 21.7. The average molecular weight is 451 g/mol. The first-order valence-electron chi connectivity index (χ1n) is 10.4. The second-order valence-electron chi connectivity index (χ2n) is 7.73. The molecule has 8 heteroatoms. The van der Waals surface area contributed by atoms with Gasteiger partial charge in [-0.1, -0.05) is 36.4 Å². The molecule has 1 amide bonds. The van der Waals surface area contributed by atoms with Crippen LogP contribution in [0.3, 0.4) is 0 Å². The van der Waals surface area contributed by atoms with Crippen LogP contribution in [0.15, 0.2) is 54.6 Å². The van der Waals surface area contributed by atoms with Crippen LogP contribution in [0.1, 0.15) is 50.2 Å². The summed E-state index contributed by atoms with van der Waals surface area (Å²) in [5.41, 5.74) is 2.18. The fourth-order valence-electron chi connectivity index (χ4n) is 3.75. The zero-order chi connectivity index (χ0) is 22.7. The molecule has 0 bridgehead atoms. The summed E-state index contributed by atoms with van der Waals surface area (Å²) >= 11 is 1.41. The number of amides is 1. The highest BCUT2D eigenvalue weighted by atomic mass is 32.1. The van der Waals surface area contributed by atoms with Gasteiger partial charge < -0.3 is 10.1 Å². The number of nitrogens with zero attached hydrogens (tertiary/aromatic N) is 1. The molecule has 0 aliphatic heterocycles. The second kappa shape index (κ2) is 9.32. The largest absolute Gasteiger partial charge is 0.443 e. The van der Waals surface area contributed by atoms with E-state index in [1.165, 1.54) is 33.9 Å². The molecule has 1 aliphatic rings. The number of carbonyl (C=O) groups excluding carboxylic acids is 2. The van der Waals surface area contributed by atoms with Gasteiger partial charge in [-0.15, -0.1) is 11.3 Å². The molecule has 0 fully saturated rings. The highest BCUT2D eigenvalue weighted by molar-refractivity contribution is 7.14. The highest BCUT2D eigenvalue weighted by Gasteiger charge is 2.29. The Labute approximate surface area is 189 Å². The van der Waals surface area contributed by atoms with Gasteiger partial charge in [-0.05, 0) is 55.9 Å². The van der Waals surface area contributed by atoms with Gasteiger partial charge in [-0.2, -0.15) is 0 Å². The van der Waals surface area contributed by atoms with Gasteiger partial charge in [0.25, 0.3) is 11.6 Å². The van der Waals surface area contributed by atoms with Crippen LogP contribution in [0.5, 0.6) is 0 Å². The summed E-state index contributed by atoms with van der Waals surface area (Å²) in [7, 11) is 0. The Morgan fingerprint density at radius 3 is 2.56 bits per heavy atom. The quantitative estimate of drug-likeness (QED) is 0.309. The molecule has 1 heterocycles. The number of benzene rings is 2. The van der Waals surface area contributed by atoms with Gasteiger partial charge in [0.1, 0.15) is 10.6 Å². The number of thiophene rings is 1. The Morgan fingerprint density at radius 1 is 1.09 bits per heavy atom. The molecular weight excluding hydrogens is 428 g/mol. The molecule has 4 rings (SSSR count). The number of carbonyl (C=O) groups is 2. The van der Waals surface area contributed by atoms with E-state index in [-0.39, 0.29) is 11.4 Å². The fourth-order valence-corrected chi connectivity index (χ4v) is 4.89. The van der Waals surface area contributed by atoms with Crippen molar-refractivity contribution in [2.75, 3.05) is 5.32 Å². The van der Waals surface area contributed by atoms with E-state index in [4.69, 9.17) is 4.74 Å². The molecule has 2 aromatic carbocycles. The molecule has 1 atom stereocenters. The number of rotatable bonds is 6. The number of nitro groups is 1. The third-order valence-electron chi connectivity index (χ3n) is 5.37. The van der Waals surface area contributed by atoms with Gasteiger partial charge in [0.15, 0.2) is 0 Å². The van der Waals surface area contributed by atoms with E-state index >= 15 is 0 Å². The van der Waals surface area contributed by atoms with Crippen LogP contribution in [-0.2, 0) is 22.4 Å². The molecule has 1 aromatic heterocycles. The first-order valence-corrected chi connectivity index (χ1v) is 11.2. The van der Waals surface area contributed by atoms with Crippen molar-refractivity contribution in [3.05, 3.63) is 91.2 Å². The number of nitro benzene ring substituents is 1. The first-order chi connectivity index (χ1) is 15.4. The van der Waals surface area contributed by atoms with Gasteiger partial charge in [0.2, 0.25) is 6.10 Å². The standard InChI is InChI=1S/C24H22N2O5S/c1-15-11-12-18(19(13-15)26(29)30)25-23(27)22(16-7-3-2-4-8-16)31-24(28)21-14-17-9-5-6-10-20(17)32-21/h2-4,7-8,11-14,22H,5-6,9-10H2,1H3,(H,25,27). The smallest absolute Gasteiger partial charge is 0.349 e. The van der Waals surface area contributed by atoms with Crippen LogP contribution >= 0.6 is 11.3 Å². The van der Waals surface area contributed by atoms with Crippen molar-refractivity contribution in [2.24, 2.45) is 0 Å². The maximum Gasteiger partial charge on any atom is 0.349 e. The number of anilines is 1. The Hall–Kier alpha value is -3.52. The topological polar surface area (TPSA) is 98.5 Å². The number of hydrogen-bond acceptors (Lipinski definition) is 6. The minimum absolute atomic E-state index is 0.0502. The lowest BCUT2D eigenvalue weighted by atomic mass is 9.99. The Bertz CT molecular complexity index is 1150. The SMILES string of the molecule is Cc1ccc(NC(=O)C(OC(=O)c2cc3c(s2)CCCC3)c2ccccc2)c([N+](=O)[O-])c1. The zero-order valence-corrected chi connectivity index (χ0v) is 18.3. The van der Waals surface area contributed by atoms with E-state index in [1.54, 1.807) is 43.3 Å². The van der Waals surface area contributed by atoms with Crippen molar-refractivity contribution >= 4 is 34.6 Å². The number of fused-ring (bicyclic) bond motifs is 1. The van der Waals surface area contributed by atoms with Crippen molar-refractivity contribution in [1.29, 1.82) is 0 Å². The third kappa shape index (κ3) is 4.70. The molecule has 1 N–H and O–H groups in total. The van der Waals surface area contributed by atoms with E-state index in [0.29, 0.717) is 16.0 Å². The molecule has 0 radical (unpaired) electrons. The lowest BCUT2D eigenvalue weighted by Crippen LogP contribution is -2.26. The molecule has 3 aromatic rings. The van der Waals surface area contributed by atoms with Crippen molar-refractivity contribution in [3.63, 3.8) is 0 Å². The summed E-state index contributed by atoms with van der Waals surface area (Å²) in [5, 5.41) is 14.0. The predicted molar refractivity (Wildman–Crippen MR) is 122 cm³/mol. The summed E-state index contributed by atoms with van der Waals surface area (Å²) in [6.07, 6.45) is 2.85. The molecule has 164 valence electrons. The maximum atomic E-state index is 13.1. The molecule has 1 aliphatic carbocycles. The highest BCUT2D eigenvalue weighted by Crippen LogP contribution is 2.32. The van der Waals surface area contributed by atoms with Crippen molar-refractivity contribution in [3.8, 4) is 0 Å². The van der Waals surface area contributed by atoms with Crippen LogP contribution < -0.4 is 5.32 Å². The van der Waals surface area contributed by atoms with Gasteiger partial charge in [-0.25, -0.2) is 4.79 Å². The molecule has 32 heavy (non-hydrogen) atoms. The van der Waals surface area contributed by atoms with E-state index in [1.807, 2.05) is 6.07 Å². The van der Waals surface area contributed by atoms with Gasteiger partial charge in [-0.3, -0.25) is 14.9 Å². The minimum Gasteiger partial charge on any atom is -0.443 e. The molecule has 0 spiro atoms. The molecule has 0 saturated carbocycles. The number of nitrogens with one attached hydrogen (secondary N) is 1. The number of esters is 1. The van der Waals surface area contributed by atoms with Crippen molar-refractivity contribution in [1.82, 2.24) is 0 Å². The predicted octanol–water partition coefficient (Wildman–Crippen LogP) is 5.38. The van der Waals surface area contributed by atoms with Gasteiger partial charge in [0, 0.05) is 16.5 Å². The number of ether oxygens (including phenoxy) is 1. The van der Waals surface area contributed by atoms with Crippen LogP contribution in [0, 0.1) is 17.0 Å². The summed E-state index contributed by atoms with van der Waals surface area (Å²) in [6, 6.07) is 15.0. The maximum absolute atomic E-state index is 13.1. The van der Waals surface area contributed by atoms with Crippen molar-refractivity contribution in [2.45, 2.75) is 38.7 Å². The Kier molecular flexibility index (Phi) is 6.32. The summed E-state index contributed by atoms with van der Waals surface area (Å²) in [6.45, 7) is 1.73. The minimum atomic E-state index is -1.25. The summed E-state index contributed by atoms with van der Waals surface area (Å²) < 4.78 is 5.65. The van der Waals surface area contributed by atoms with E-state index in [0.717, 1.165) is 25.7 Å². The van der Waals surface area contributed by atoms with Crippen LogP contribution in [0.2, 0.25) is 0 Å². The lowest BCUT2D eigenvalue weighted by Gasteiger charge is -2.18. The fraction of sp³-hybridized carbons (Fsp3) is 0.250. The zero-order valence-electron chi connectivity index (χ0n) is 17.5. The third-order valence-corrected chi connectivity index (χ3v) is 6.59. The van der Waals surface area contributed by atoms with E-state index < -0.39 is 22.9 Å². The summed E-state index contributed by atoms with van der Waals surface area (Å²) in [4.78, 5) is 38.6. The number of aryl methyl sites for hydroxylation is 3. The van der Waals surface area contributed by atoms with Crippen LogP contribution in [0.4, 0.5) is 11.4 Å². The Balaban J connectivity index is 1.60.